The largest absolute Gasteiger partial charge is 0.425 e. The van der Waals surface area contributed by atoms with Crippen molar-refractivity contribution in [2.45, 2.75) is 68.2 Å². The average molecular weight is 353 g/mol. The summed E-state index contributed by atoms with van der Waals surface area (Å²) in [6.07, 6.45) is 7.95. The normalized spacial score (nSPS) is 33.2. The van der Waals surface area contributed by atoms with Crippen LogP contribution in [0.15, 0.2) is 0 Å². The molecular formula is C12H25AlINO. The topological polar surface area (TPSA) is 35.2 Å². The van der Waals surface area contributed by atoms with E-state index in [-0.39, 0.29) is 8.86 Å². The predicted octanol–water partition coefficient (Wildman–Crippen LogP) is 3.36. The van der Waals surface area contributed by atoms with Crippen molar-refractivity contribution in [2.75, 3.05) is 6.61 Å². The first-order valence-electron chi connectivity index (χ1n) is 6.53. The third-order valence-corrected chi connectivity index (χ3v) is 14.4. The standard InChI is InChI=1S/C12H25NO.Al.HI/c1-4-5-6-7-8-9-10-14-12(3)11(2)13;;/h4-10,13H2,1-3H3;;1H/q;+1;/p-1. The van der Waals surface area contributed by atoms with Gasteiger partial charge >= 0.3 is 10.9 Å². The van der Waals surface area contributed by atoms with Crippen molar-refractivity contribution >= 4 is 31.1 Å². The van der Waals surface area contributed by atoms with Crippen molar-refractivity contribution in [3.8, 4) is 0 Å². The van der Waals surface area contributed by atoms with Gasteiger partial charge in [-0.05, 0) is 17.7 Å². The quantitative estimate of drug-likeness (QED) is 0.413. The lowest BCUT2D eigenvalue weighted by Crippen LogP contribution is -2.31. The molecule has 0 aromatic rings. The number of ether oxygens (including phenoxy) is 1. The molecule has 16 heavy (non-hydrogen) atoms. The molecule has 0 aromatic carbocycles. The highest BCUT2D eigenvalue weighted by atomic mass is 127. The van der Waals surface area contributed by atoms with Crippen LogP contribution in [0.3, 0.4) is 0 Å². The molecule has 2 atom stereocenters. The first-order valence-corrected chi connectivity index (χ1v) is 11.9. The molecule has 2 unspecified atom stereocenters. The van der Waals surface area contributed by atoms with Crippen LogP contribution in [-0.4, -0.2) is 26.3 Å². The fraction of sp³-hybridized carbons (Fsp3) is 1.00. The maximum Gasteiger partial charge on any atom is 0.425 e. The summed E-state index contributed by atoms with van der Waals surface area (Å²) in [4.78, 5) is 0. The van der Waals surface area contributed by atoms with Gasteiger partial charge in [0.15, 0.2) is 0 Å². The van der Waals surface area contributed by atoms with Gasteiger partial charge in [-0.3, -0.25) is 0 Å². The zero-order valence-electron chi connectivity index (χ0n) is 10.9. The Bertz CT molecular complexity index is 225. The smallest absolute Gasteiger partial charge is 0.389 e. The molecule has 1 saturated heterocycles. The zero-order valence-corrected chi connectivity index (χ0v) is 14.2. The fourth-order valence-electron chi connectivity index (χ4n) is 2.13. The summed E-state index contributed by atoms with van der Waals surface area (Å²) in [6.45, 7) is 7.51. The third kappa shape index (κ3) is 3.35. The second kappa shape index (κ2) is 6.38. The van der Waals surface area contributed by atoms with Gasteiger partial charge in [0.2, 0.25) is 0 Å². The summed E-state index contributed by atoms with van der Waals surface area (Å²) in [6, 6.07) is 0. The molecule has 0 aliphatic carbocycles. The molecule has 4 heteroatoms. The molecule has 1 heterocycles. The van der Waals surface area contributed by atoms with Gasteiger partial charge in [-0.1, -0.05) is 46.0 Å². The number of unbranched alkanes of at least 4 members (excludes halogenated alkanes) is 5. The van der Waals surface area contributed by atoms with Gasteiger partial charge in [0, 0.05) is 11.1 Å². The van der Waals surface area contributed by atoms with E-state index in [2.05, 4.69) is 41.0 Å². The molecule has 0 bridgehead atoms. The van der Waals surface area contributed by atoms with Gasteiger partial charge in [-0.25, -0.2) is 20.3 Å². The minimum Gasteiger partial charge on any atom is -0.389 e. The molecular weight excluding hydrogens is 328 g/mol. The minimum atomic E-state index is -0.872. The lowest BCUT2D eigenvalue weighted by atomic mass is 10.1. The van der Waals surface area contributed by atoms with Crippen LogP contribution in [0.25, 0.3) is 0 Å². The van der Waals surface area contributed by atoms with Crippen LogP contribution in [0.2, 0.25) is 0 Å². The van der Waals surface area contributed by atoms with Gasteiger partial charge in [0.1, 0.15) is 0 Å². The SMILES string of the molecule is CCCCCCCCO[C]1(C)[Al]([I])[C]1(C)N. The molecule has 2 N–H and O–H groups in total. The zero-order chi connectivity index (χ0) is 12.2. The van der Waals surface area contributed by atoms with Crippen LogP contribution in [0, 0.1) is 0 Å². The van der Waals surface area contributed by atoms with E-state index in [1.807, 2.05) is 0 Å². The van der Waals surface area contributed by atoms with Gasteiger partial charge in [0.05, 0.1) is 0 Å². The molecule has 0 saturated carbocycles. The van der Waals surface area contributed by atoms with Crippen LogP contribution in [0.1, 0.15) is 59.3 Å². The number of nitrogens with two attached hydrogens (primary N) is 1. The Morgan fingerprint density at radius 1 is 1.12 bits per heavy atom. The molecule has 0 spiro atoms. The fourth-order valence-corrected chi connectivity index (χ4v) is 9.07. The maximum atomic E-state index is 6.20. The van der Waals surface area contributed by atoms with E-state index >= 15 is 0 Å². The van der Waals surface area contributed by atoms with E-state index < -0.39 is 10.9 Å². The first kappa shape index (κ1) is 15.2. The molecule has 0 aromatic heterocycles. The van der Waals surface area contributed by atoms with Crippen LogP contribution in [-0.2, 0) is 4.74 Å². The van der Waals surface area contributed by atoms with Crippen LogP contribution < -0.4 is 5.73 Å². The minimum absolute atomic E-state index is 0.00969. The van der Waals surface area contributed by atoms with E-state index in [1.165, 1.54) is 38.5 Å². The maximum absolute atomic E-state index is 6.20. The molecule has 0 amide bonds. The second-order valence-electron chi connectivity index (χ2n) is 5.37. The van der Waals surface area contributed by atoms with Gasteiger partial charge in [0.25, 0.3) is 0 Å². The number of rotatable bonds is 8. The Morgan fingerprint density at radius 3 is 2.12 bits per heavy atom. The highest BCUT2D eigenvalue weighted by molar-refractivity contribution is 14.1. The number of halogens is 1. The lowest BCUT2D eigenvalue weighted by Gasteiger charge is -2.18. The molecule has 0 radical (unpaired) electrons. The molecule has 1 fully saturated rings. The van der Waals surface area contributed by atoms with Crippen LogP contribution in [0.4, 0.5) is 0 Å². The van der Waals surface area contributed by atoms with E-state index in [0.717, 1.165) is 6.61 Å². The summed E-state index contributed by atoms with van der Waals surface area (Å²) in [7, 11) is -0.872. The van der Waals surface area contributed by atoms with Crippen molar-refractivity contribution < 1.29 is 4.74 Å². The number of hydrogen-bond acceptors (Lipinski definition) is 2. The van der Waals surface area contributed by atoms with Crippen molar-refractivity contribution in [2.24, 2.45) is 5.73 Å². The Balaban J connectivity index is 2.01. The van der Waals surface area contributed by atoms with Gasteiger partial charge in [-0.15, -0.1) is 0 Å². The molecule has 1 aliphatic rings. The second-order valence-corrected chi connectivity index (χ2v) is 12.1. The highest BCUT2D eigenvalue weighted by Gasteiger charge is 2.74. The van der Waals surface area contributed by atoms with Crippen molar-refractivity contribution in [3.63, 3.8) is 0 Å². The molecule has 1 aliphatic heterocycles. The predicted molar refractivity (Wildman–Crippen MR) is 80.1 cm³/mol. The summed E-state index contributed by atoms with van der Waals surface area (Å²) in [5.41, 5.74) is 6.20. The van der Waals surface area contributed by atoms with Crippen molar-refractivity contribution in [3.05, 3.63) is 0 Å². The van der Waals surface area contributed by atoms with E-state index in [9.17, 15) is 0 Å². The Kier molecular flexibility index (Phi) is 6.08. The van der Waals surface area contributed by atoms with Gasteiger partial charge in [-0.2, -0.15) is 0 Å². The third-order valence-electron chi connectivity index (χ3n) is 3.90. The number of hydrogen-bond donors (Lipinski definition) is 1. The average Bonchev–Trinajstić information content (AvgIpc) is 2.62. The molecule has 94 valence electrons. The molecule has 2 nitrogen and oxygen atoms in total. The Hall–Kier alpha value is 1.18. The molecule has 1 rings (SSSR count). The van der Waals surface area contributed by atoms with Crippen LogP contribution >= 0.6 is 20.3 Å². The van der Waals surface area contributed by atoms with E-state index in [1.54, 1.807) is 0 Å². The summed E-state index contributed by atoms with van der Waals surface area (Å²) in [5.74, 6) is 0. The summed E-state index contributed by atoms with van der Waals surface area (Å²) >= 11 is 2.54. The summed E-state index contributed by atoms with van der Waals surface area (Å²) < 4.78 is 6.07. The van der Waals surface area contributed by atoms with Crippen molar-refractivity contribution in [1.29, 1.82) is 0 Å². The highest BCUT2D eigenvalue weighted by Crippen LogP contribution is 2.50. The Labute approximate surface area is 116 Å². The monoisotopic (exact) mass is 353 g/mol. The van der Waals surface area contributed by atoms with Crippen LogP contribution in [0.5, 0.6) is 0 Å². The summed E-state index contributed by atoms with van der Waals surface area (Å²) in [5, 5.41) is 0. The van der Waals surface area contributed by atoms with Crippen molar-refractivity contribution in [1.82, 2.24) is 0 Å². The lowest BCUT2D eigenvalue weighted by molar-refractivity contribution is 0.0420. The Morgan fingerprint density at radius 2 is 1.62 bits per heavy atom. The first-order chi connectivity index (χ1) is 7.47. The van der Waals surface area contributed by atoms with E-state index in [0.29, 0.717) is 0 Å². The van der Waals surface area contributed by atoms with E-state index in [4.69, 9.17) is 10.5 Å². The van der Waals surface area contributed by atoms with Gasteiger partial charge < -0.3 is 10.5 Å².